The van der Waals surface area contributed by atoms with Crippen LogP contribution in [-0.2, 0) is 24.0 Å². The molecule has 2 aliphatic heterocycles. The summed E-state index contributed by atoms with van der Waals surface area (Å²) in [7, 11) is 0. The predicted octanol–water partition coefficient (Wildman–Crippen LogP) is 0.836. The quantitative estimate of drug-likeness (QED) is 0.180. The van der Waals surface area contributed by atoms with Crippen LogP contribution in [0.3, 0.4) is 0 Å². The number of carbonyl (C=O) groups excluding carboxylic acids is 5. The number of halogens is 2. The molecule has 0 unspecified atom stereocenters. The van der Waals surface area contributed by atoms with Crippen molar-refractivity contribution >= 4 is 35.5 Å². The molecule has 0 aromatic heterocycles. The number of hydrogen-bond donors (Lipinski definition) is 7. The van der Waals surface area contributed by atoms with Crippen molar-refractivity contribution in [1.82, 2.24) is 37.2 Å². The molecule has 0 bridgehead atoms. The van der Waals surface area contributed by atoms with Crippen LogP contribution in [0.4, 0.5) is 8.78 Å². The summed E-state index contributed by atoms with van der Waals surface area (Å²) in [6, 6.07) is -2.84. The highest BCUT2D eigenvalue weighted by atomic mass is 19.3. The van der Waals surface area contributed by atoms with Crippen LogP contribution in [0.2, 0.25) is 0 Å². The maximum Gasteiger partial charge on any atom is 0.284 e. The first-order chi connectivity index (χ1) is 21.7. The molecule has 0 radical (unpaired) electrons. The van der Waals surface area contributed by atoms with E-state index in [9.17, 15) is 32.8 Å². The monoisotopic (exact) mass is 654 g/mol. The van der Waals surface area contributed by atoms with Gasteiger partial charge in [-0.15, -0.1) is 0 Å². The minimum atomic E-state index is -2.92. The summed E-state index contributed by atoms with van der Waals surface area (Å²) in [5.74, 6) is -5.26. The first-order valence-electron chi connectivity index (χ1n) is 16.6. The van der Waals surface area contributed by atoms with Gasteiger partial charge in [0, 0.05) is 19.0 Å². The molecule has 0 aromatic carbocycles. The normalized spacial score (nSPS) is 28.4. The van der Waals surface area contributed by atoms with Gasteiger partial charge < -0.3 is 37.2 Å². The minimum absolute atomic E-state index is 0.0384. The number of rotatable bonds is 9. The van der Waals surface area contributed by atoms with Gasteiger partial charge in [-0.1, -0.05) is 52.9 Å². The van der Waals surface area contributed by atoms with Gasteiger partial charge in [-0.05, 0) is 44.9 Å². The fourth-order valence-corrected chi connectivity index (χ4v) is 5.83. The van der Waals surface area contributed by atoms with Gasteiger partial charge in [0.2, 0.25) is 29.5 Å². The number of nitrogens with zero attached hydrogens (tertiary/aromatic N) is 1. The fourth-order valence-electron chi connectivity index (χ4n) is 5.83. The third-order valence-corrected chi connectivity index (χ3v) is 8.88. The number of nitrogens with one attached hydrogen (secondary N) is 7. The van der Waals surface area contributed by atoms with Gasteiger partial charge in [-0.2, -0.15) is 0 Å². The molecule has 13 nitrogen and oxygen atoms in total. The van der Waals surface area contributed by atoms with E-state index in [4.69, 9.17) is 0 Å². The molecule has 7 N–H and O–H groups in total. The zero-order chi connectivity index (χ0) is 33.9. The van der Waals surface area contributed by atoms with Crippen molar-refractivity contribution in [2.24, 2.45) is 16.8 Å². The third kappa shape index (κ3) is 11.1. The van der Waals surface area contributed by atoms with Crippen LogP contribution in [-0.4, -0.2) is 91.3 Å². The Balaban J connectivity index is 1.81. The van der Waals surface area contributed by atoms with E-state index in [0.29, 0.717) is 12.8 Å². The van der Waals surface area contributed by atoms with Gasteiger partial charge in [0.1, 0.15) is 30.2 Å². The maximum absolute atomic E-state index is 13.8. The molecule has 2 fully saturated rings. The van der Waals surface area contributed by atoms with Crippen molar-refractivity contribution in [2.75, 3.05) is 26.2 Å². The standard InChI is InChI=1S/C31H52F2N8O5/c1-5-21-26(44)39-23(16-20-10-7-6-8-11-20)25(43)34-15-13-30(4,41-24(42)19(2)3)28(46)40-22(27(45)38-21)12-9-14-35-29-36-17-31(32,33)18-37-29/h19-23H,5-18H2,1-4H3,(H,34,43)(H,38,45)(H,39,44)(H,40,46)(H,41,42)(H2,35,36,37)/t21-,22-,23+,30+/m0/s1. The van der Waals surface area contributed by atoms with E-state index in [1.807, 2.05) is 0 Å². The molecule has 5 amide bonds. The lowest BCUT2D eigenvalue weighted by Gasteiger charge is -2.34. The Morgan fingerprint density at radius 1 is 0.957 bits per heavy atom. The minimum Gasteiger partial charge on any atom is -0.356 e. The molecule has 1 aliphatic carbocycles. The van der Waals surface area contributed by atoms with Crippen molar-refractivity contribution in [2.45, 2.75) is 121 Å². The average Bonchev–Trinajstić information content (AvgIpc) is 3.01. The highest BCUT2D eigenvalue weighted by Gasteiger charge is 2.39. The van der Waals surface area contributed by atoms with Gasteiger partial charge in [0.05, 0.1) is 6.54 Å². The van der Waals surface area contributed by atoms with Gasteiger partial charge in [0.25, 0.3) is 5.92 Å². The smallest absolute Gasteiger partial charge is 0.284 e. The summed E-state index contributed by atoms with van der Waals surface area (Å²) >= 11 is 0. The highest BCUT2D eigenvalue weighted by Crippen LogP contribution is 2.27. The molecule has 3 aliphatic rings. The molecule has 15 heteroatoms. The van der Waals surface area contributed by atoms with E-state index in [0.717, 1.165) is 32.1 Å². The van der Waals surface area contributed by atoms with Crippen molar-refractivity contribution in [3.63, 3.8) is 0 Å². The molecule has 3 rings (SSSR count). The van der Waals surface area contributed by atoms with Crippen LogP contribution in [0, 0.1) is 11.8 Å². The summed E-state index contributed by atoms with van der Waals surface area (Å²) < 4.78 is 26.8. The third-order valence-electron chi connectivity index (χ3n) is 8.88. The summed E-state index contributed by atoms with van der Waals surface area (Å²) in [6.45, 7) is 5.82. The average molecular weight is 655 g/mol. The van der Waals surface area contributed by atoms with Crippen LogP contribution < -0.4 is 37.2 Å². The largest absolute Gasteiger partial charge is 0.356 e. The Morgan fingerprint density at radius 3 is 2.26 bits per heavy atom. The van der Waals surface area contributed by atoms with E-state index < -0.39 is 66.3 Å². The van der Waals surface area contributed by atoms with Crippen LogP contribution in [0.5, 0.6) is 0 Å². The molecule has 0 spiro atoms. The molecule has 1 saturated heterocycles. The number of amides is 5. The number of hydrogen-bond acceptors (Lipinski definition) is 8. The lowest BCUT2D eigenvalue weighted by Crippen LogP contribution is -2.63. The summed E-state index contributed by atoms with van der Waals surface area (Å²) in [6.07, 6.45) is 6.47. The second kappa shape index (κ2) is 16.9. The zero-order valence-corrected chi connectivity index (χ0v) is 27.5. The van der Waals surface area contributed by atoms with Crippen molar-refractivity contribution in [3.8, 4) is 0 Å². The lowest BCUT2D eigenvalue weighted by molar-refractivity contribution is -0.138. The van der Waals surface area contributed by atoms with Gasteiger partial charge >= 0.3 is 0 Å². The zero-order valence-electron chi connectivity index (χ0n) is 27.5. The van der Waals surface area contributed by atoms with E-state index >= 15 is 0 Å². The summed E-state index contributed by atoms with van der Waals surface area (Å²) in [5, 5.41) is 19.5. The van der Waals surface area contributed by atoms with E-state index in [1.165, 1.54) is 0 Å². The Labute approximate surface area is 270 Å². The molecule has 2 heterocycles. The number of guanidine groups is 1. The van der Waals surface area contributed by atoms with Crippen LogP contribution >= 0.6 is 0 Å². The topological polar surface area (TPSA) is 182 Å². The van der Waals surface area contributed by atoms with E-state index in [-0.39, 0.29) is 56.0 Å². The molecular weight excluding hydrogens is 602 g/mol. The Kier molecular flexibility index (Phi) is 13.5. The van der Waals surface area contributed by atoms with Gasteiger partial charge in [-0.25, -0.2) is 13.8 Å². The first kappa shape index (κ1) is 36.9. The van der Waals surface area contributed by atoms with E-state index in [1.54, 1.807) is 27.7 Å². The fraction of sp³-hybridized carbons (Fsp3) is 0.806. The lowest BCUT2D eigenvalue weighted by atomic mass is 9.84. The van der Waals surface area contributed by atoms with Gasteiger partial charge in [-0.3, -0.25) is 24.0 Å². The van der Waals surface area contributed by atoms with Crippen molar-refractivity contribution in [1.29, 1.82) is 0 Å². The van der Waals surface area contributed by atoms with Crippen LogP contribution in [0.15, 0.2) is 4.99 Å². The Morgan fingerprint density at radius 2 is 1.63 bits per heavy atom. The summed E-state index contributed by atoms with van der Waals surface area (Å²) in [5.41, 5.74) is -1.46. The second-order valence-electron chi connectivity index (χ2n) is 13.3. The number of carbonyl (C=O) groups is 5. The van der Waals surface area contributed by atoms with Gasteiger partial charge in [0.15, 0.2) is 5.96 Å². The Bertz CT molecular complexity index is 1130. The molecule has 260 valence electrons. The number of alkyl halides is 2. The Hall–Kier alpha value is -3.52. The van der Waals surface area contributed by atoms with E-state index in [2.05, 4.69) is 42.2 Å². The molecule has 1 saturated carbocycles. The maximum atomic E-state index is 13.8. The first-order valence-corrected chi connectivity index (χ1v) is 16.6. The predicted molar refractivity (Wildman–Crippen MR) is 169 cm³/mol. The molecule has 46 heavy (non-hydrogen) atoms. The summed E-state index contributed by atoms with van der Waals surface area (Å²) in [4.78, 5) is 70.7. The van der Waals surface area contributed by atoms with Crippen LogP contribution in [0.25, 0.3) is 0 Å². The van der Waals surface area contributed by atoms with Crippen molar-refractivity contribution in [3.05, 3.63) is 0 Å². The van der Waals surface area contributed by atoms with Crippen LogP contribution in [0.1, 0.15) is 91.9 Å². The SMILES string of the molecule is CC[C@@H]1NC(=O)[C@H](CCCNC2=NCC(F)(F)CN2)NC(=O)[C@](C)(NC(=O)C(C)C)CCNC(=O)[C@@H](CC2CCCCC2)NC1=O. The molecule has 0 aromatic rings. The van der Waals surface area contributed by atoms with Crippen molar-refractivity contribution < 1.29 is 32.8 Å². The highest BCUT2D eigenvalue weighted by molar-refractivity contribution is 5.97. The number of aliphatic imine (C=N–C) groups is 1. The second-order valence-corrected chi connectivity index (χ2v) is 13.3. The molecular formula is C31H52F2N8O5. The molecule has 4 atom stereocenters.